The fourth-order valence-corrected chi connectivity index (χ4v) is 1.75. The summed E-state index contributed by atoms with van der Waals surface area (Å²) in [7, 11) is 0. The summed E-state index contributed by atoms with van der Waals surface area (Å²) in [6.45, 7) is 3.89. The number of carbonyl (C=O) groups is 1. The van der Waals surface area contributed by atoms with Gasteiger partial charge in [-0.05, 0) is 25.7 Å². The average Bonchev–Trinajstić information content (AvgIpc) is 2.13. The minimum atomic E-state index is 0.389. The zero-order valence-electron chi connectivity index (χ0n) is 6.18. The molecule has 0 aromatic rings. The van der Waals surface area contributed by atoms with Crippen molar-refractivity contribution in [2.24, 2.45) is 11.8 Å². The topological polar surface area (TPSA) is 17.1 Å². The van der Waals surface area contributed by atoms with Crippen molar-refractivity contribution in [3.8, 4) is 0 Å². The highest BCUT2D eigenvalue weighted by atomic mass is 16.1. The van der Waals surface area contributed by atoms with Crippen molar-refractivity contribution in [2.45, 2.75) is 33.1 Å². The monoisotopic (exact) mass is 126 g/mol. The molecule has 1 rings (SSSR count). The van der Waals surface area contributed by atoms with Crippen molar-refractivity contribution in [1.29, 1.82) is 0 Å². The molecule has 52 valence electrons. The van der Waals surface area contributed by atoms with Gasteiger partial charge in [-0.1, -0.05) is 13.3 Å². The molecule has 1 aliphatic carbocycles. The zero-order chi connectivity index (χ0) is 6.85. The van der Waals surface area contributed by atoms with Crippen LogP contribution in [0.4, 0.5) is 0 Å². The van der Waals surface area contributed by atoms with Gasteiger partial charge >= 0.3 is 0 Å². The second-order valence-electron chi connectivity index (χ2n) is 3.13. The molecular weight excluding hydrogens is 112 g/mol. The molecule has 1 unspecified atom stereocenters. The third kappa shape index (κ3) is 1.32. The van der Waals surface area contributed by atoms with E-state index in [1.54, 1.807) is 6.92 Å². The van der Waals surface area contributed by atoms with Gasteiger partial charge in [-0.3, -0.25) is 4.79 Å². The molecule has 0 heterocycles. The SMILES string of the molecule is CC(=O)[C@H]1CCCC1C. The summed E-state index contributed by atoms with van der Waals surface area (Å²) in [6.07, 6.45) is 3.64. The minimum absolute atomic E-state index is 0.389. The van der Waals surface area contributed by atoms with E-state index < -0.39 is 0 Å². The van der Waals surface area contributed by atoms with Gasteiger partial charge in [-0.15, -0.1) is 0 Å². The summed E-state index contributed by atoms with van der Waals surface area (Å²) in [5, 5.41) is 0. The second-order valence-corrected chi connectivity index (χ2v) is 3.13. The molecule has 0 spiro atoms. The number of ketones is 1. The van der Waals surface area contributed by atoms with E-state index in [0.29, 0.717) is 17.6 Å². The van der Waals surface area contributed by atoms with Gasteiger partial charge in [0.1, 0.15) is 5.78 Å². The Kier molecular flexibility index (Phi) is 1.89. The highest BCUT2D eigenvalue weighted by Crippen LogP contribution is 2.31. The first kappa shape index (κ1) is 6.79. The molecule has 0 aromatic heterocycles. The van der Waals surface area contributed by atoms with Crippen molar-refractivity contribution < 1.29 is 4.79 Å². The Bertz CT molecular complexity index is 118. The van der Waals surface area contributed by atoms with E-state index in [2.05, 4.69) is 6.92 Å². The third-order valence-electron chi connectivity index (χ3n) is 2.38. The summed E-state index contributed by atoms with van der Waals surface area (Å²) in [5.74, 6) is 1.44. The van der Waals surface area contributed by atoms with Crippen LogP contribution in [0, 0.1) is 11.8 Å². The molecule has 9 heavy (non-hydrogen) atoms. The second kappa shape index (κ2) is 2.51. The predicted molar refractivity (Wildman–Crippen MR) is 37.2 cm³/mol. The average molecular weight is 126 g/mol. The van der Waals surface area contributed by atoms with Gasteiger partial charge in [0.2, 0.25) is 0 Å². The molecule has 1 saturated carbocycles. The maximum atomic E-state index is 10.9. The third-order valence-corrected chi connectivity index (χ3v) is 2.38. The van der Waals surface area contributed by atoms with Crippen molar-refractivity contribution in [2.75, 3.05) is 0 Å². The first-order valence-electron chi connectivity index (χ1n) is 3.72. The van der Waals surface area contributed by atoms with Crippen LogP contribution in [0.25, 0.3) is 0 Å². The van der Waals surface area contributed by atoms with Crippen LogP contribution in [-0.2, 0) is 4.79 Å². The standard InChI is InChI=1S/C8H14O/c1-6-4-3-5-8(6)7(2)9/h6,8H,3-5H2,1-2H3/t6?,8-/m0/s1. The number of hydrogen-bond acceptors (Lipinski definition) is 1. The first-order valence-corrected chi connectivity index (χ1v) is 3.72. The quantitative estimate of drug-likeness (QED) is 0.525. The smallest absolute Gasteiger partial charge is 0.133 e. The highest BCUT2D eigenvalue weighted by Gasteiger charge is 2.26. The Morgan fingerprint density at radius 1 is 1.44 bits per heavy atom. The maximum Gasteiger partial charge on any atom is 0.133 e. The Balaban J connectivity index is 2.49. The summed E-state index contributed by atoms with van der Waals surface area (Å²) in [4.78, 5) is 10.9. The van der Waals surface area contributed by atoms with Crippen LogP contribution >= 0.6 is 0 Å². The number of Topliss-reactive ketones (excluding diaryl/α,β-unsaturated/α-hetero) is 1. The van der Waals surface area contributed by atoms with Crippen LogP contribution < -0.4 is 0 Å². The zero-order valence-corrected chi connectivity index (χ0v) is 6.18. The lowest BCUT2D eigenvalue weighted by molar-refractivity contribution is -0.121. The molecule has 1 fully saturated rings. The van der Waals surface area contributed by atoms with Gasteiger partial charge in [0.15, 0.2) is 0 Å². The van der Waals surface area contributed by atoms with Crippen LogP contribution in [0.3, 0.4) is 0 Å². The summed E-state index contributed by atoms with van der Waals surface area (Å²) in [6, 6.07) is 0. The molecule has 0 aliphatic heterocycles. The summed E-state index contributed by atoms with van der Waals surface area (Å²) >= 11 is 0. The lowest BCUT2D eigenvalue weighted by Gasteiger charge is -2.09. The molecule has 1 nitrogen and oxygen atoms in total. The Morgan fingerprint density at radius 3 is 2.33 bits per heavy atom. The van der Waals surface area contributed by atoms with Gasteiger partial charge in [-0.2, -0.15) is 0 Å². The van der Waals surface area contributed by atoms with E-state index in [4.69, 9.17) is 0 Å². The van der Waals surface area contributed by atoms with Gasteiger partial charge < -0.3 is 0 Å². The van der Waals surface area contributed by atoms with Gasteiger partial charge in [0.05, 0.1) is 0 Å². The van der Waals surface area contributed by atoms with E-state index in [1.807, 2.05) is 0 Å². The molecule has 0 amide bonds. The van der Waals surface area contributed by atoms with Crippen LogP contribution in [0.5, 0.6) is 0 Å². The van der Waals surface area contributed by atoms with E-state index >= 15 is 0 Å². The molecule has 0 saturated heterocycles. The van der Waals surface area contributed by atoms with Gasteiger partial charge in [0.25, 0.3) is 0 Å². The molecule has 0 N–H and O–H groups in total. The highest BCUT2D eigenvalue weighted by molar-refractivity contribution is 5.78. The summed E-state index contributed by atoms with van der Waals surface area (Å²) in [5.41, 5.74) is 0. The molecule has 1 heteroatoms. The normalized spacial score (nSPS) is 34.9. The molecule has 0 radical (unpaired) electrons. The number of rotatable bonds is 1. The van der Waals surface area contributed by atoms with Crippen LogP contribution in [0.1, 0.15) is 33.1 Å². The maximum absolute atomic E-state index is 10.9. The predicted octanol–water partition coefficient (Wildman–Crippen LogP) is 2.01. The molecule has 1 aliphatic rings. The van der Waals surface area contributed by atoms with Gasteiger partial charge in [0, 0.05) is 5.92 Å². The fraction of sp³-hybridized carbons (Fsp3) is 0.875. The van der Waals surface area contributed by atoms with Crippen LogP contribution in [0.15, 0.2) is 0 Å². The Labute approximate surface area is 56.4 Å². The van der Waals surface area contributed by atoms with E-state index in [9.17, 15) is 4.79 Å². The van der Waals surface area contributed by atoms with Crippen molar-refractivity contribution >= 4 is 5.78 Å². The van der Waals surface area contributed by atoms with E-state index in [1.165, 1.54) is 12.8 Å². The van der Waals surface area contributed by atoms with Crippen molar-refractivity contribution in [1.82, 2.24) is 0 Å². The lowest BCUT2D eigenvalue weighted by Crippen LogP contribution is -2.12. The fourth-order valence-electron chi connectivity index (χ4n) is 1.75. The van der Waals surface area contributed by atoms with Crippen molar-refractivity contribution in [3.63, 3.8) is 0 Å². The summed E-state index contributed by atoms with van der Waals surface area (Å²) < 4.78 is 0. The van der Waals surface area contributed by atoms with E-state index in [-0.39, 0.29) is 0 Å². The minimum Gasteiger partial charge on any atom is -0.300 e. The number of carbonyl (C=O) groups excluding carboxylic acids is 1. The molecular formula is C8H14O. The number of hydrogen-bond donors (Lipinski definition) is 0. The molecule has 0 bridgehead atoms. The Morgan fingerprint density at radius 2 is 2.11 bits per heavy atom. The largest absolute Gasteiger partial charge is 0.300 e. The molecule has 2 atom stereocenters. The Hall–Kier alpha value is -0.330. The van der Waals surface area contributed by atoms with Crippen LogP contribution in [-0.4, -0.2) is 5.78 Å². The van der Waals surface area contributed by atoms with E-state index in [0.717, 1.165) is 6.42 Å². The van der Waals surface area contributed by atoms with Gasteiger partial charge in [-0.25, -0.2) is 0 Å². The lowest BCUT2D eigenvalue weighted by atomic mass is 9.95. The van der Waals surface area contributed by atoms with Crippen LogP contribution in [0.2, 0.25) is 0 Å². The molecule has 0 aromatic carbocycles. The first-order chi connectivity index (χ1) is 4.22. The van der Waals surface area contributed by atoms with Crippen molar-refractivity contribution in [3.05, 3.63) is 0 Å².